The second kappa shape index (κ2) is 6.37. The van der Waals surface area contributed by atoms with E-state index in [0.717, 1.165) is 0 Å². The van der Waals surface area contributed by atoms with Gasteiger partial charge in [-0.25, -0.2) is 0 Å². The first kappa shape index (κ1) is 14.3. The maximum atomic E-state index is 12.1. The molecular weight excluding hydrogens is 244 g/mol. The van der Waals surface area contributed by atoms with Crippen LogP contribution in [0.4, 0.5) is 0 Å². The Hall–Kier alpha value is -1.10. The third-order valence-electron chi connectivity index (χ3n) is 4.11. The third kappa shape index (κ3) is 3.93. The molecule has 0 aromatic rings. The number of nitrogens with two attached hydrogens (primary N) is 1. The van der Waals surface area contributed by atoms with Gasteiger partial charge in [-0.1, -0.05) is 0 Å². The molecule has 1 atom stereocenters. The minimum atomic E-state index is -0.121. The summed E-state index contributed by atoms with van der Waals surface area (Å²) in [5.41, 5.74) is 5.98. The van der Waals surface area contributed by atoms with Crippen LogP contribution in [0.25, 0.3) is 0 Å². The van der Waals surface area contributed by atoms with Gasteiger partial charge in [0.15, 0.2) is 0 Å². The first-order valence-electron chi connectivity index (χ1n) is 7.31. The van der Waals surface area contributed by atoms with E-state index in [0.29, 0.717) is 44.9 Å². The summed E-state index contributed by atoms with van der Waals surface area (Å²) in [7, 11) is 0. The van der Waals surface area contributed by atoms with Gasteiger partial charge in [0.05, 0.1) is 12.5 Å². The number of amides is 1. The molecule has 1 amide bonds. The normalized spacial score (nSPS) is 22.1. The van der Waals surface area contributed by atoms with Gasteiger partial charge in [0.1, 0.15) is 0 Å². The standard InChI is InChI=1S/C14H24N2O3/c1-2-19-14(18)11-5-7-16(8-6-11)13(17)9-12(15)10-3-4-10/h10-12H,2-9,15H2,1H3. The summed E-state index contributed by atoms with van der Waals surface area (Å²) in [4.78, 5) is 25.5. The van der Waals surface area contributed by atoms with Crippen molar-refractivity contribution in [2.75, 3.05) is 19.7 Å². The highest BCUT2D eigenvalue weighted by Gasteiger charge is 2.33. The van der Waals surface area contributed by atoms with Crippen LogP contribution in [-0.4, -0.2) is 42.5 Å². The van der Waals surface area contributed by atoms with Crippen LogP contribution in [0, 0.1) is 11.8 Å². The molecule has 0 spiro atoms. The molecule has 2 fully saturated rings. The Kier molecular flexibility index (Phi) is 4.80. The number of esters is 1. The molecule has 0 bridgehead atoms. The van der Waals surface area contributed by atoms with Crippen molar-refractivity contribution in [2.45, 2.75) is 45.1 Å². The highest BCUT2D eigenvalue weighted by molar-refractivity contribution is 5.78. The molecule has 5 heteroatoms. The number of piperidine rings is 1. The van der Waals surface area contributed by atoms with E-state index >= 15 is 0 Å². The molecule has 1 heterocycles. The predicted octanol–water partition coefficient (Wildman–Crippen LogP) is 0.915. The molecule has 0 aromatic heterocycles. The molecular formula is C14H24N2O3. The summed E-state index contributed by atoms with van der Waals surface area (Å²) < 4.78 is 5.02. The lowest BCUT2D eigenvalue weighted by Crippen LogP contribution is -2.43. The van der Waals surface area contributed by atoms with E-state index in [1.807, 2.05) is 11.8 Å². The lowest BCUT2D eigenvalue weighted by atomic mass is 9.96. The minimum Gasteiger partial charge on any atom is -0.466 e. The maximum Gasteiger partial charge on any atom is 0.309 e. The minimum absolute atomic E-state index is 0.0234. The van der Waals surface area contributed by atoms with Crippen LogP contribution in [0.15, 0.2) is 0 Å². The van der Waals surface area contributed by atoms with Crippen molar-refractivity contribution < 1.29 is 14.3 Å². The molecule has 1 unspecified atom stereocenters. The summed E-state index contributed by atoms with van der Waals surface area (Å²) >= 11 is 0. The summed E-state index contributed by atoms with van der Waals surface area (Å²) in [6.07, 6.45) is 4.21. The van der Waals surface area contributed by atoms with E-state index in [9.17, 15) is 9.59 Å². The Labute approximate surface area is 114 Å². The van der Waals surface area contributed by atoms with Gasteiger partial charge in [0, 0.05) is 25.6 Å². The Bertz CT molecular complexity index is 334. The van der Waals surface area contributed by atoms with Crippen molar-refractivity contribution in [3.05, 3.63) is 0 Å². The number of likely N-dealkylation sites (tertiary alicyclic amines) is 1. The molecule has 1 saturated carbocycles. The number of carbonyl (C=O) groups excluding carboxylic acids is 2. The summed E-state index contributed by atoms with van der Waals surface area (Å²) in [5, 5.41) is 0. The Balaban J connectivity index is 1.72. The number of rotatable bonds is 5. The number of hydrogen-bond acceptors (Lipinski definition) is 4. The number of ether oxygens (including phenoxy) is 1. The van der Waals surface area contributed by atoms with Crippen LogP contribution >= 0.6 is 0 Å². The molecule has 19 heavy (non-hydrogen) atoms. The summed E-state index contributed by atoms with van der Waals surface area (Å²) in [5.74, 6) is 0.535. The molecule has 5 nitrogen and oxygen atoms in total. The third-order valence-corrected chi connectivity index (χ3v) is 4.11. The van der Waals surface area contributed by atoms with Gasteiger partial charge in [-0.15, -0.1) is 0 Å². The predicted molar refractivity (Wildman–Crippen MR) is 71.3 cm³/mol. The summed E-state index contributed by atoms with van der Waals surface area (Å²) in [6, 6.07) is 0.0234. The second-order valence-electron chi connectivity index (χ2n) is 5.61. The molecule has 2 rings (SSSR count). The van der Waals surface area contributed by atoms with Crippen molar-refractivity contribution in [3.63, 3.8) is 0 Å². The zero-order valence-electron chi connectivity index (χ0n) is 11.6. The monoisotopic (exact) mass is 268 g/mol. The van der Waals surface area contributed by atoms with E-state index < -0.39 is 0 Å². The van der Waals surface area contributed by atoms with Crippen LogP contribution in [-0.2, 0) is 14.3 Å². The number of nitrogens with zero attached hydrogens (tertiary/aromatic N) is 1. The van der Waals surface area contributed by atoms with E-state index in [1.54, 1.807) is 0 Å². The molecule has 1 aliphatic heterocycles. The smallest absolute Gasteiger partial charge is 0.309 e. The van der Waals surface area contributed by atoms with E-state index in [1.165, 1.54) is 12.8 Å². The van der Waals surface area contributed by atoms with Crippen LogP contribution < -0.4 is 5.73 Å². The largest absolute Gasteiger partial charge is 0.466 e. The van der Waals surface area contributed by atoms with E-state index in [-0.39, 0.29) is 23.8 Å². The zero-order chi connectivity index (χ0) is 13.8. The van der Waals surface area contributed by atoms with Gasteiger partial charge in [-0.2, -0.15) is 0 Å². The fourth-order valence-corrected chi connectivity index (χ4v) is 2.65. The summed E-state index contributed by atoms with van der Waals surface area (Å²) in [6.45, 7) is 3.55. The highest BCUT2D eigenvalue weighted by atomic mass is 16.5. The van der Waals surface area contributed by atoms with Crippen LogP contribution in [0.3, 0.4) is 0 Å². The average Bonchev–Trinajstić information content (AvgIpc) is 3.23. The van der Waals surface area contributed by atoms with Gasteiger partial charge in [0.2, 0.25) is 5.91 Å². The van der Waals surface area contributed by atoms with Crippen molar-refractivity contribution in [2.24, 2.45) is 17.6 Å². The molecule has 1 aliphatic carbocycles. The fourth-order valence-electron chi connectivity index (χ4n) is 2.65. The van der Waals surface area contributed by atoms with Crippen LogP contribution in [0.1, 0.15) is 39.0 Å². The molecule has 2 N–H and O–H groups in total. The molecule has 0 radical (unpaired) electrons. The second-order valence-corrected chi connectivity index (χ2v) is 5.61. The Morgan fingerprint density at radius 1 is 1.26 bits per heavy atom. The molecule has 1 saturated heterocycles. The van der Waals surface area contributed by atoms with E-state index in [4.69, 9.17) is 10.5 Å². The first-order chi connectivity index (χ1) is 9.11. The zero-order valence-corrected chi connectivity index (χ0v) is 11.6. The van der Waals surface area contributed by atoms with E-state index in [2.05, 4.69) is 0 Å². The van der Waals surface area contributed by atoms with Gasteiger partial charge in [-0.05, 0) is 38.5 Å². The highest BCUT2D eigenvalue weighted by Crippen LogP contribution is 2.33. The van der Waals surface area contributed by atoms with Gasteiger partial charge >= 0.3 is 5.97 Å². The molecule has 108 valence electrons. The van der Waals surface area contributed by atoms with Crippen molar-refractivity contribution in [1.82, 2.24) is 4.90 Å². The number of hydrogen-bond donors (Lipinski definition) is 1. The van der Waals surface area contributed by atoms with Crippen LogP contribution in [0.5, 0.6) is 0 Å². The molecule has 0 aromatic carbocycles. The van der Waals surface area contributed by atoms with Crippen molar-refractivity contribution in [3.8, 4) is 0 Å². The van der Waals surface area contributed by atoms with Crippen molar-refractivity contribution >= 4 is 11.9 Å². The Morgan fingerprint density at radius 2 is 1.89 bits per heavy atom. The first-order valence-corrected chi connectivity index (χ1v) is 7.31. The maximum absolute atomic E-state index is 12.1. The average molecular weight is 268 g/mol. The molecule has 2 aliphatic rings. The Morgan fingerprint density at radius 3 is 2.42 bits per heavy atom. The quantitative estimate of drug-likeness (QED) is 0.752. The SMILES string of the molecule is CCOC(=O)C1CCN(C(=O)CC(N)C2CC2)CC1. The van der Waals surface area contributed by atoms with Crippen molar-refractivity contribution in [1.29, 1.82) is 0 Å². The topological polar surface area (TPSA) is 72.6 Å². The lowest BCUT2D eigenvalue weighted by Gasteiger charge is -2.31. The van der Waals surface area contributed by atoms with Gasteiger partial charge < -0.3 is 15.4 Å². The van der Waals surface area contributed by atoms with Gasteiger partial charge in [-0.3, -0.25) is 9.59 Å². The van der Waals surface area contributed by atoms with Crippen LogP contribution in [0.2, 0.25) is 0 Å². The van der Waals surface area contributed by atoms with Gasteiger partial charge in [0.25, 0.3) is 0 Å². The lowest BCUT2D eigenvalue weighted by molar-refractivity contribution is -0.151. The fraction of sp³-hybridized carbons (Fsp3) is 0.857. The number of carbonyl (C=O) groups is 2.